The highest BCUT2D eigenvalue weighted by molar-refractivity contribution is 5.81. The van der Waals surface area contributed by atoms with Gasteiger partial charge in [0.25, 0.3) is 0 Å². The van der Waals surface area contributed by atoms with Crippen LogP contribution >= 0.6 is 0 Å². The Morgan fingerprint density at radius 2 is 1.26 bits per heavy atom. The first-order chi connectivity index (χ1) is 16.4. The van der Waals surface area contributed by atoms with Gasteiger partial charge in [-0.05, 0) is 19.4 Å². The Bertz CT molecular complexity index is 623. The summed E-state index contributed by atoms with van der Waals surface area (Å²) in [6.07, 6.45) is 3.34. The van der Waals surface area contributed by atoms with Crippen LogP contribution in [0.4, 0.5) is 0 Å². The minimum atomic E-state index is -0.532. The predicted molar refractivity (Wildman–Crippen MR) is 122 cm³/mol. The number of nitrogens with one attached hydrogen (secondary N) is 1. The SMILES string of the molecule is C=CC(=O)OCCOCCOC(=O)CCC(CNCCC)C(=O)OCCOCCOC(=O)C=C. The highest BCUT2D eigenvalue weighted by atomic mass is 16.6. The van der Waals surface area contributed by atoms with Crippen LogP contribution in [0.2, 0.25) is 0 Å². The molecule has 0 amide bonds. The average molecular weight is 488 g/mol. The van der Waals surface area contributed by atoms with Gasteiger partial charge in [-0.15, -0.1) is 0 Å². The molecule has 1 N–H and O–H groups in total. The minimum Gasteiger partial charge on any atom is -0.463 e. The van der Waals surface area contributed by atoms with Gasteiger partial charge in [-0.1, -0.05) is 20.1 Å². The Morgan fingerprint density at radius 1 is 0.765 bits per heavy atom. The van der Waals surface area contributed by atoms with Crippen molar-refractivity contribution in [2.45, 2.75) is 26.2 Å². The Hall–Kier alpha value is -2.76. The third-order valence-corrected chi connectivity index (χ3v) is 4.09. The zero-order valence-corrected chi connectivity index (χ0v) is 19.9. The maximum atomic E-state index is 12.4. The summed E-state index contributed by atoms with van der Waals surface area (Å²) in [6, 6.07) is 0. The van der Waals surface area contributed by atoms with Gasteiger partial charge in [0.05, 0.1) is 32.3 Å². The number of carbonyl (C=O) groups is 4. The van der Waals surface area contributed by atoms with Crippen LogP contribution < -0.4 is 5.32 Å². The molecule has 0 radical (unpaired) electrons. The first-order valence-electron chi connectivity index (χ1n) is 11.2. The van der Waals surface area contributed by atoms with Crippen LogP contribution in [-0.2, 0) is 47.6 Å². The van der Waals surface area contributed by atoms with Crippen LogP contribution in [0.3, 0.4) is 0 Å². The van der Waals surface area contributed by atoms with Crippen LogP contribution in [-0.4, -0.2) is 89.8 Å². The Balaban J connectivity index is 4.08. The standard InChI is InChI=1S/C23H37NO10/c1-4-9-24-18-19(23(28)34-17-13-30-11-15-32-21(26)6-3)7-8-22(27)33-16-12-29-10-14-31-20(25)5-2/h5-6,19,24H,2-4,7-18H2,1H3. The van der Waals surface area contributed by atoms with Gasteiger partial charge in [-0.3, -0.25) is 9.59 Å². The Morgan fingerprint density at radius 3 is 1.76 bits per heavy atom. The number of hydrogen-bond donors (Lipinski definition) is 1. The van der Waals surface area contributed by atoms with Crippen LogP contribution in [0.25, 0.3) is 0 Å². The van der Waals surface area contributed by atoms with E-state index in [1.54, 1.807) is 0 Å². The lowest BCUT2D eigenvalue weighted by atomic mass is 10.0. The van der Waals surface area contributed by atoms with Crippen molar-refractivity contribution in [2.24, 2.45) is 5.92 Å². The van der Waals surface area contributed by atoms with Gasteiger partial charge in [-0.25, -0.2) is 9.59 Å². The number of hydrogen-bond acceptors (Lipinski definition) is 11. The van der Waals surface area contributed by atoms with Gasteiger partial charge >= 0.3 is 23.9 Å². The summed E-state index contributed by atoms with van der Waals surface area (Å²) < 4.78 is 30.2. The topological polar surface area (TPSA) is 136 Å². The third kappa shape index (κ3) is 18.8. The van der Waals surface area contributed by atoms with E-state index in [2.05, 4.69) is 18.5 Å². The van der Waals surface area contributed by atoms with E-state index in [1.165, 1.54) is 0 Å². The van der Waals surface area contributed by atoms with Crippen molar-refractivity contribution in [1.29, 1.82) is 0 Å². The number of rotatable bonds is 22. The van der Waals surface area contributed by atoms with Crippen LogP contribution in [0, 0.1) is 5.92 Å². The molecule has 0 aliphatic rings. The molecule has 0 bridgehead atoms. The lowest BCUT2D eigenvalue weighted by Gasteiger charge is -2.16. The lowest BCUT2D eigenvalue weighted by molar-refractivity contribution is -0.151. The monoisotopic (exact) mass is 487 g/mol. The normalized spacial score (nSPS) is 11.2. The number of ether oxygens (including phenoxy) is 6. The maximum absolute atomic E-state index is 12.4. The summed E-state index contributed by atoms with van der Waals surface area (Å²) in [7, 11) is 0. The summed E-state index contributed by atoms with van der Waals surface area (Å²) in [5.74, 6) is -2.46. The molecule has 0 aromatic heterocycles. The maximum Gasteiger partial charge on any atom is 0.330 e. The second-order valence-corrected chi connectivity index (χ2v) is 6.80. The van der Waals surface area contributed by atoms with E-state index in [-0.39, 0.29) is 65.7 Å². The molecule has 0 aromatic carbocycles. The van der Waals surface area contributed by atoms with Gasteiger partial charge in [-0.2, -0.15) is 0 Å². The zero-order valence-electron chi connectivity index (χ0n) is 19.9. The van der Waals surface area contributed by atoms with E-state index in [1.807, 2.05) is 6.92 Å². The van der Waals surface area contributed by atoms with Crippen LogP contribution in [0.5, 0.6) is 0 Å². The average Bonchev–Trinajstić information content (AvgIpc) is 2.84. The molecule has 0 aliphatic heterocycles. The Labute approximate surface area is 200 Å². The van der Waals surface area contributed by atoms with Crippen molar-refractivity contribution in [3.63, 3.8) is 0 Å². The third-order valence-electron chi connectivity index (χ3n) is 4.09. The second-order valence-electron chi connectivity index (χ2n) is 6.80. The fourth-order valence-corrected chi connectivity index (χ4v) is 2.38. The van der Waals surface area contributed by atoms with Gasteiger partial charge in [0.15, 0.2) is 0 Å². The van der Waals surface area contributed by atoms with E-state index in [9.17, 15) is 19.2 Å². The molecular weight excluding hydrogens is 450 g/mol. The van der Waals surface area contributed by atoms with Gasteiger partial charge in [0, 0.05) is 25.1 Å². The molecule has 1 atom stereocenters. The Kier molecular flexibility index (Phi) is 20.3. The molecule has 0 aliphatic carbocycles. The highest BCUT2D eigenvalue weighted by Gasteiger charge is 2.21. The predicted octanol–water partition coefficient (Wildman–Crippen LogP) is 0.960. The molecule has 1 unspecified atom stereocenters. The molecule has 0 saturated carbocycles. The van der Waals surface area contributed by atoms with Gasteiger partial charge in [0.1, 0.15) is 26.4 Å². The van der Waals surface area contributed by atoms with E-state index in [0.717, 1.165) is 25.1 Å². The molecule has 34 heavy (non-hydrogen) atoms. The molecule has 0 fully saturated rings. The largest absolute Gasteiger partial charge is 0.463 e. The molecule has 0 saturated heterocycles. The minimum absolute atomic E-state index is 0.0441. The van der Waals surface area contributed by atoms with Gasteiger partial charge in [0.2, 0.25) is 0 Å². The summed E-state index contributed by atoms with van der Waals surface area (Å²) in [6.45, 7) is 10.6. The quantitative estimate of drug-likeness (QED) is 0.101. The lowest BCUT2D eigenvalue weighted by Crippen LogP contribution is -2.31. The smallest absolute Gasteiger partial charge is 0.330 e. The van der Waals surface area contributed by atoms with Crippen molar-refractivity contribution in [3.8, 4) is 0 Å². The van der Waals surface area contributed by atoms with Crippen molar-refractivity contribution in [1.82, 2.24) is 5.32 Å². The van der Waals surface area contributed by atoms with Crippen LogP contribution in [0.1, 0.15) is 26.2 Å². The van der Waals surface area contributed by atoms with E-state index in [4.69, 9.17) is 28.4 Å². The fourth-order valence-electron chi connectivity index (χ4n) is 2.38. The molecule has 0 spiro atoms. The molecule has 11 nitrogen and oxygen atoms in total. The summed E-state index contributed by atoms with van der Waals surface area (Å²) in [5.41, 5.74) is 0. The first kappa shape index (κ1) is 31.2. The van der Waals surface area contributed by atoms with Gasteiger partial charge < -0.3 is 33.7 Å². The summed E-state index contributed by atoms with van der Waals surface area (Å²) in [5, 5.41) is 3.16. The molecule has 0 rings (SSSR count). The molecule has 11 heteroatoms. The summed E-state index contributed by atoms with van der Waals surface area (Å²) in [4.78, 5) is 46.1. The number of carbonyl (C=O) groups excluding carboxylic acids is 4. The summed E-state index contributed by atoms with van der Waals surface area (Å²) >= 11 is 0. The molecular formula is C23H37NO10. The molecule has 194 valence electrons. The highest BCUT2D eigenvalue weighted by Crippen LogP contribution is 2.09. The number of esters is 4. The zero-order chi connectivity index (χ0) is 25.4. The fraction of sp³-hybridized carbons (Fsp3) is 0.652. The first-order valence-corrected chi connectivity index (χ1v) is 11.2. The van der Waals surface area contributed by atoms with Crippen LogP contribution in [0.15, 0.2) is 25.3 Å². The van der Waals surface area contributed by atoms with Crippen molar-refractivity contribution >= 4 is 23.9 Å². The molecule has 0 aromatic rings. The van der Waals surface area contributed by atoms with E-state index >= 15 is 0 Å². The van der Waals surface area contributed by atoms with Crippen molar-refractivity contribution in [2.75, 3.05) is 65.9 Å². The van der Waals surface area contributed by atoms with Crippen molar-refractivity contribution in [3.05, 3.63) is 25.3 Å². The van der Waals surface area contributed by atoms with Crippen molar-refractivity contribution < 1.29 is 47.6 Å². The van der Waals surface area contributed by atoms with E-state index in [0.29, 0.717) is 6.54 Å². The second kappa shape index (κ2) is 22.1. The van der Waals surface area contributed by atoms with E-state index < -0.39 is 29.8 Å². The molecule has 0 heterocycles.